The molecule has 3 atom stereocenters. The van der Waals surface area contributed by atoms with Gasteiger partial charge in [0.25, 0.3) is 0 Å². The van der Waals surface area contributed by atoms with Gasteiger partial charge in [0.1, 0.15) is 0 Å². The zero-order valence-corrected chi connectivity index (χ0v) is 16.6. The van der Waals surface area contributed by atoms with E-state index in [2.05, 4.69) is 15.4 Å². The normalized spacial score (nSPS) is 25.1. The summed E-state index contributed by atoms with van der Waals surface area (Å²) in [6.45, 7) is 5.18. The molecule has 0 saturated carbocycles. The number of nitrogens with zero attached hydrogens (tertiary/aromatic N) is 5. The summed E-state index contributed by atoms with van der Waals surface area (Å²) >= 11 is 0. The van der Waals surface area contributed by atoms with Crippen molar-refractivity contribution in [2.45, 2.75) is 26.3 Å². The molecule has 154 valence electrons. The number of carbonyl (C=O) groups excluding carboxylic acids is 1. The predicted octanol–water partition coefficient (Wildman–Crippen LogP) is 1.49. The first-order valence-corrected chi connectivity index (χ1v) is 9.87. The van der Waals surface area contributed by atoms with E-state index in [1.807, 2.05) is 44.2 Å². The van der Waals surface area contributed by atoms with Gasteiger partial charge in [0, 0.05) is 31.2 Å². The van der Waals surface area contributed by atoms with Crippen LogP contribution in [0.4, 0.5) is 0 Å². The fraction of sp³-hybridized carbons (Fsp3) is 0.550. The molecule has 1 aromatic heterocycles. The van der Waals surface area contributed by atoms with Crippen LogP contribution in [-0.2, 0) is 14.3 Å². The van der Waals surface area contributed by atoms with E-state index in [-0.39, 0.29) is 24.3 Å². The van der Waals surface area contributed by atoms with Crippen molar-refractivity contribution >= 4 is 11.9 Å². The first-order valence-electron chi connectivity index (χ1n) is 9.87. The average molecular weight is 399 g/mol. The zero-order chi connectivity index (χ0) is 20.6. The minimum Gasteiger partial charge on any atom is -0.481 e. The minimum atomic E-state index is -0.930. The maximum absolute atomic E-state index is 13.4. The molecule has 9 heteroatoms. The van der Waals surface area contributed by atoms with Crippen LogP contribution < -0.4 is 0 Å². The highest BCUT2D eigenvalue weighted by Gasteiger charge is 2.55. The third kappa shape index (κ3) is 3.39. The molecule has 2 fully saturated rings. The van der Waals surface area contributed by atoms with Gasteiger partial charge in [0.15, 0.2) is 6.04 Å². The third-order valence-electron chi connectivity index (χ3n) is 6.04. The van der Waals surface area contributed by atoms with Crippen LogP contribution >= 0.6 is 0 Å². The quantitative estimate of drug-likeness (QED) is 0.811. The van der Waals surface area contributed by atoms with Crippen molar-refractivity contribution in [2.24, 2.45) is 17.3 Å². The molecule has 1 unspecified atom stereocenters. The average Bonchev–Trinajstić information content (AvgIpc) is 3.34. The van der Waals surface area contributed by atoms with Gasteiger partial charge in [0.05, 0.1) is 12.0 Å². The fourth-order valence-corrected chi connectivity index (χ4v) is 4.35. The minimum absolute atomic E-state index is 0.0834. The summed E-state index contributed by atoms with van der Waals surface area (Å²) in [5.74, 6) is -0.858. The number of carboxylic acid groups (broad SMARTS) is 1. The number of benzene rings is 1. The number of carbonyl (C=O) groups is 2. The number of hydrogen-bond acceptors (Lipinski definition) is 6. The van der Waals surface area contributed by atoms with Crippen LogP contribution in [0.5, 0.6) is 0 Å². The van der Waals surface area contributed by atoms with E-state index in [0.29, 0.717) is 32.0 Å². The topological polar surface area (TPSA) is 110 Å². The molecule has 1 N–H and O–H groups in total. The Kier molecular flexibility index (Phi) is 5.08. The largest absolute Gasteiger partial charge is 0.481 e. The summed E-state index contributed by atoms with van der Waals surface area (Å²) in [6.07, 6.45) is 0.419. The monoisotopic (exact) mass is 399 g/mol. The molecular formula is C20H25N5O4. The van der Waals surface area contributed by atoms with Gasteiger partial charge in [-0.25, -0.2) is 0 Å². The number of fused-ring (bicyclic) bond motifs is 1. The maximum Gasteiger partial charge on any atom is 0.311 e. The Hall–Kier alpha value is -2.81. The molecule has 2 aromatic rings. The van der Waals surface area contributed by atoms with Gasteiger partial charge in [-0.1, -0.05) is 44.2 Å². The molecule has 0 radical (unpaired) electrons. The standard InChI is InChI=1S/C20H25N5O4/c1-13(2)16(25-22-17(21-23-25)14-6-4-3-5-7-14)18(26)24-10-15-11-29-9-8-20(15,12-24)19(27)28/h3-7,13,15-16H,8-12H2,1-2H3,(H,27,28)/t15-,16?,20+/m0/s1. The molecule has 1 aromatic carbocycles. The second kappa shape index (κ2) is 7.55. The van der Waals surface area contributed by atoms with Gasteiger partial charge in [-0.05, 0) is 17.6 Å². The van der Waals surface area contributed by atoms with Gasteiger partial charge in [0.2, 0.25) is 11.7 Å². The van der Waals surface area contributed by atoms with Crippen LogP contribution in [0.3, 0.4) is 0 Å². The van der Waals surface area contributed by atoms with Gasteiger partial charge in [-0.3, -0.25) is 9.59 Å². The van der Waals surface area contributed by atoms with Crippen LogP contribution in [0.25, 0.3) is 11.4 Å². The van der Waals surface area contributed by atoms with Crippen LogP contribution in [0, 0.1) is 17.3 Å². The molecule has 0 aliphatic carbocycles. The highest BCUT2D eigenvalue weighted by Crippen LogP contribution is 2.43. The number of aliphatic carboxylic acids is 1. The molecule has 0 spiro atoms. The number of carboxylic acids is 1. The number of rotatable bonds is 5. The lowest BCUT2D eigenvalue weighted by molar-refractivity contribution is -0.157. The number of ether oxygens (including phenoxy) is 1. The first kappa shape index (κ1) is 19.5. The molecule has 0 bridgehead atoms. The van der Waals surface area contributed by atoms with Crippen LogP contribution in [0.2, 0.25) is 0 Å². The first-order chi connectivity index (χ1) is 13.9. The summed E-state index contributed by atoms with van der Waals surface area (Å²) in [5.41, 5.74) is -0.108. The highest BCUT2D eigenvalue weighted by molar-refractivity contribution is 5.83. The second-order valence-corrected chi connectivity index (χ2v) is 8.19. The van der Waals surface area contributed by atoms with Crippen LogP contribution in [-0.4, -0.2) is 68.4 Å². The summed E-state index contributed by atoms with van der Waals surface area (Å²) < 4.78 is 5.49. The van der Waals surface area contributed by atoms with Gasteiger partial charge >= 0.3 is 5.97 Å². The number of aromatic nitrogens is 4. The Morgan fingerprint density at radius 2 is 2.03 bits per heavy atom. The Bertz CT molecular complexity index is 899. The number of tetrazole rings is 1. The molecule has 2 aliphatic rings. The maximum atomic E-state index is 13.4. The van der Waals surface area contributed by atoms with E-state index in [4.69, 9.17) is 4.74 Å². The number of likely N-dealkylation sites (tertiary alicyclic amines) is 1. The van der Waals surface area contributed by atoms with Crippen molar-refractivity contribution in [2.75, 3.05) is 26.3 Å². The van der Waals surface area contributed by atoms with E-state index in [9.17, 15) is 14.7 Å². The molecule has 9 nitrogen and oxygen atoms in total. The zero-order valence-electron chi connectivity index (χ0n) is 16.6. The Morgan fingerprint density at radius 1 is 1.28 bits per heavy atom. The predicted molar refractivity (Wildman–Crippen MR) is 103 cm³/mol. The lowest BCUT2D eigenvalue weighted by atomic mass is 9.74. The van der Waals surface area contributed by atoms with Crippen LogP contribution in [0.15, 0.2) is 30.3 Å². The smallest absolute Gasteiger partial charge is 0.311 e. The van der Waals surface area contributed by atoms with Gasteiger partial charge in [-0.15, -0.1) is 10.2 Å². The lowest BCUT2D eigenvalue weighted by Gasteiger charge is -2.34. The third-order valence-corrected chi connectivity index (χ3v) is 6.04. The second-order valence-electron chi connectivity index (χ2n) is 8.19. The van der Waals surface area contributed by atoms with E-state index < -0.39 is 17.4 Å². The van der Waals surface area contributed by atoms with Crippen LogP contribution in [0.1, 0.15) is 26.3 Å². The van der Waals surface area contributed by atoms with Crippen molar-refractivity contribution in [1.29, 1.82) is 0 Å². The lowest BCUT2D eigenvalue weighted by Crippen LogP contribution is -2.45. The van der Waals surface area contributed by atoms with Crippen molar-refractivity contribution in [1.82, 2.24) is 25.1 Å². The summed E-state index contributed by atoms with van der Waals surface area (Å²) in [5, 5.41) is 22.5. The molecule has 1 amide bonds. The molecule has 3 heterocycles. The molecule has 2 saturated heterocycles. The number of hydrogen-bond donors (Lipinski definition) is 1. The molecule has 2 aliphatic heterocycles. The summed E-state index contributed by atoms with van der Waals surface area (Å²) in [7, 11) is 0. The van der Waals surface area contributed by atoms with Gasteiger partial charge in [-0.2, -0.15) is 4.80 Å². The highest BCUT2D eigenvalue weighted by atomic mass is 16.5. The van der Waals surface area contributed by atoms with E-state index in [1.165, 1.54) is 4.80 Å². The van der Waals surface area contributed by atoms with Crippen molar-refractivity contribution in [3.63, 3.8) is 0 Å². The number of amides is 1. The Morgan fingerprint density at radius 3 is 2.69 bits per heavy atom. The SMILES string of the molecule is CC(C)C(C(=O)N1C[C@H]2COCC[C@@]2(C(=O)O)C1)n1nnc(-c2ccccc2)n1. The van der Waals surface area contributed by atoms with E-state index in [1.54, 1.807) is 4.90 Å². The Balaban J connectivity index is 1.59. The fourth-order valence-electron chi connectivity index (χ4n) is 4.35. The van der Waals surface area contributed by atoms with Crippen molar-refractivity contribution in [3.8, 4) is 11.4 Å². The van der Waals surface area contributed by atoms with Crippen molar-refractivity contribution < 1.29 is 19.4 Å². The summed E-state index contributed by atoms with van der Waals surface area (Å²) in [6, 6.07) is 8.81. The van der Waals surface area contributed by atoms with Crippen molar-refractivity contribution in [3.05, 3.63) is 30.3 Å². The molecule has 29 heavy (non-hydrogen) atoms. The molecule has 4 rings (SSSR count). The Labute approximate surface area is 168 Å². The van der Waals surface area contributed by atoms with E-state index in [0.717, 1.165) is 5.56 Å². The van der Waals surface area contributed by atoms with E-state index >= 15 is 0 Å². The van der Waals surface area contributed by atoms with Gasteiger partial charge < -0.3 is 14.7 Å². The summed E-state index contributed by atoms with van der Waals surface area (Å²) in [4.78, 5) is 28.4. The molecular weight excluding hydrogens is 374 g/mol.